The number of piperidine rings is 3. The molecule has 0 spiro atoms. The van der Waals surface area contributed by atoms with E-state index in [-0.39, 0.29) is 0 Å². The molecule has 0 radical (unpaired) electrons. The fourth-order valence-corrected chi connectivity index (χ4v) is 6.18. The molecule has 3 heterocycles. The Balaban J connectivity index is 1.47. The normalized spacial score (nSPS) is 25.7. The molecule has 3 aliphatic rings. The first kappa shape index (κ1) is 22.3. The lowest BCUT2D eigenvalue weighted by atomic mass is 9.74. The van der Waals surface area contributed by atoms with Crippen LogP contribution < -0.4 is 0 Å². The largest absolute Gasteiger partial charge is 0.299 e. The summed E-state index contributed by atoms with van der Waals surface area (Å²) in [6.07, 6.45) is 8.46. The Morgan fingerprint density at radius 2 is 1.47 bits per heavy atom. The Morgan fingerprint density at radius 1 is 0.900 bits per heavy atom. The van der Waals surface area contributed by atoms with Crippen LogP contribution in [0.4, 0.5) is 0 Å². The summed E-state index contributed by atoms with van der Waals surface area (Å²) in [4.78, 5) is 8.18. The number of hydrogen-bond acceptors (Lipinski definition) is 4. The number of benzene rings is 2. The summed E-state index contributed by atoms with van der Waals surface area (Å²) in [7, 11) is 0. The Morgan fingerprint density at radius 3 is 1.90 bits per heavy atom. The first-order valence-electron chi connectivity index (χ1n) is 11.4. The minimum Gasteiger partial charge on any atom is -0.299 e. The lowest BCUT2D eigenvalue weighted by Gasteiger charge is -2.51. The fourth-order valence-electron chi connectivity index (χ4n) is 5.36. The van der Waals surface area contributed by atoms with Crippen LogP contribution in [0.15, 0.2) is 58.3 Å². The number of rotatable bonds is 9. The van der Waals surface area contributed by atoms with Crippen molar-refractivity contribution < 1.29 is 0 Å². The minimum absolute atomic E-state index is 0.725. The van der Waals surface area contributed by atoms with Gasteiger partial charge in [0.2, 0.25) is 0 Å². The molecule has 1 unspecified atom stereocenters. The van der Waals surface area contributed by atoms with Crippen LogP contribution in [-0.2, 0) is 13.1 Å². The number of thioether (sulfide) groups is 2. The van der Waals surface area contributed by atoms with Gasteiger partial charge in [-0.3, -0.25) is 9.80 Å². The van der Waals surface area contributed by atoms with Gasteiger partial charge in [0.25, 0.3) is 0 Å². The highest BCUT2D eigenvalue weighted by molar-refractivity contribution is 7.98. The average molecular weight is 441 g/mol. The molecule has 2 aromatic rings. The van der Waals surface area contributed by atoms with Gasteiger partial charge in [-0.15, -0.1) is 23.5 Å². The topological polar surface area (TPSA) is 6.48 Å². The lowest BCUT2D eigenvalue weighted by molar-refractivity contribution is -0.0161. The van der Waals surface area contributed by atoms with Gasteiger partial charge in [-0.1, -0.05) is 37.6 Å². The molecular formula is C26H36N2S2. The van der Waals surface area contributed by atoms with Gasteiger partial charge in [0.05, 0.1) is 0 Å². The molecular weight excluding hydrogens is 404 g/mol. The monoisotopic (exact) mass is 440 g/mol. The molecule has 3 aliphatic heterocycles. The predicted octanol–water partition coefficient (Wildman–Crippen LogP) is 6.25. The van der Waals surface area contributed by atoms with Gasteiger partial charge in [-0.2, -0.15) is 0 Å². The van der Waals surface area contributed by atoms with E-state index in [1.165, 1.54) is 59.8 Å². The van der Waals surface area contributed by atoms with Crippen molar-refractivity contribution in [3.05, 3.63) is 59.7 Å². The summed E-state index contributed by atoms with van der Waals surface area (Å²) < 4.78 is 0. The summed E-state index contributed by atoms with van der Waals surface area (Å²) in [5.74, 6) is 1.88. The molecule has 2 bridgehead atoms. The highest BCUT2D eigenvalue weighted by Gasteiger charge is 2.39. The number of fused-ring (bicyclic) bond motifs is 3. The van der Waals surface area contributed by atoms with Crippen molar-refractivity contribution in [3.8, 4) is 0 Å². The van der Waals surface area contributed by atoms with Crippen LogP contribution in [0.1, 0.15) is 37.3 Å². The second-order valence-corrected chi connectivity index (χ2v) is 10.7. The molecule has 5 rings (SSSR count). The zero-order valence-corrected chi connectivity index (χ0v) is 20.4. The average Bonchev–Trinajstić information content (AvgIpc) is 2.80. The van der Waals surface area contributed by atoms with E-state index in [1.54, 1.807) is 0 Å². The van der Waals surface area contributed by atoms with E-state index >= 15 is 0 Å². The summed E-state index contributed by atoms with van der Waals surface area (Å²) in [5, 5.41) is 0. The van der Waals surface area contributed by atoms with Crippen molar-refractivity contribution in [1.82, 2.24) is 9.80 Å². The molecule has 0 saturated carbocycles. The van der Waals surface area contributed by atoms with Gasteiger partial charge in [0.1, 0.15) is 0 Å². The van der Waals surface area contributed by atoms with Gasteiger partial charge in [0, 0.05) is 42.0 Å². The van der Waals surface area contributed by atoms with E-state index in [1.807, 2.05) is 23.5 Å². The molecule has 0 N–H and O–H groups in total. The first-order valence-corrected chi connectivity index (χ1v) is 13.9. The summed E-state index contributed by atoms with van der Waals surface area (Å²) in [5.41, 5.74) is 2.85. The van der Waals surface area contributed by atoms with Crippen molar-refractivity contribution in [3.63, 3.8) is 0 Å². The Labute approximate surface area is 191 Å². The Bertz CT molecular complexity index is 740. The molecule has 30 heavy (non-hydrogen) atoms. The van der Waals surface area contributed by atoms with E-state index in [4.69, 9.17) is 0 Å². The van der Waals surface area contributed by atoms with Crippen LogP contribution in [-0.4, -0.2) is 48.0 Å². The summed E-state index contributed by atoms with van der Waals surface area (Å²) >= 11 is 3.64. The molecule has 3 saturated heterocycles. The van der Waals surface area contributed by atoms with Crippen molar-refractivity contribution >= 4 is 23.5 Å². The van der Waals surface area contributed by atoms with E-state index in [0.717, 1.165) is 31.0 Å². The SMILES string of the molecule is CC[C@H]1CN2CC[C@H]1C[C@@H]2CN(Cc1ccc(SC)cc1)Cc1ccc(SC)cc1. The lowest BCUT2D eigenvalue weighted by Crippen LogP contribution is -2.56. The van der Waals surface area contributed by atoms with Gasteiger partial charge in [-0.05, 0) is 79.1 Å². The molecule has 0 amide bonds. The molecule has 3 fully saturated rings. The third-order valence-electron chi connectivity index (χ3n) is 7.14. The van der Waals surface area contributed by atoms with Crippen molar-refractivity contribution in [2.24, 2.45) is 11.8 Å². The maximum atomic E-state index is 2.80. The first-order chi connectivity index (χ1) is 14.7. The highest BCUT2D eigenvalue weighted by Crippen LogP contribution is 2.38. The molecule has 2 aromatic carbocycles. The smallest absolute Gasteiger partial charge is 0.0237 e. The third kappa shape index (κ3) is 5.45. The molecule has 4 heteroatoms. The minimum atomic E-state index is 0.725. The van der Waals surface area contributed by atoms with E-state index < -0.39 is 0 Å². The molecule has 0 aromatic heterocycles. The standard InChI is InChI=1S/C26H36N2S2/c1-4-22-18-28-14-13-23(22)15-24(28)19-27(16-20-5-9-25(29-2)10-6-20)17-21-7-11-26(30-3)12-8-21/h5-12,22-24H,4,13-19H2,1-3H3/t22-,23-,24+/m0/s1. The fraction of sp³-hybridized carbons (Fsp3) is 0.538. The van der Waals surface area contributed by atoms with E-state index in [2.05, 4.69) is 77.8 Å². The molecule has 4 atom stereocenters. The van der Waals surface area contributed by atoms with Crippen LogP contribution in [0.2, 0.25) is 0 Å². The number of hydrogen-bond donors (Lipinski definition) is 0. The molecule has 2 nitrogen and oxygen atoms in total. The van der Waals surface area contributed by atoms with Crippen LogP contribution in [0.5, 0.6) is 0 Å². The van der Waals surface area contributed by atoms with E-state index in [0.29, 0.717) is 0 Å². The maximum absolute atomic E-state index is 2.80. The van der Waals surface area contributed by atoms with Gasteiger partial charge < -0.3 is 0 Å². The van der Waals surface area contributed by atoms with Crippen molar-refractivity contribution in [1.29, 1.82) is 0 Å². The zero-order valence-electron chi connectivity index (χ0n) is 18.7. The van der Waals surface area contributed by atoms with Crippen molar-refractivity contribution in [2.75, 3.05) is 32.1 Å². The second-order valence-electron chi connectivity index (χ2n) is 8.97. The van der Waals surface area contributed by atoms with Gasteiger partial charge >= 0.3 is 0 Å². The van der Waals surface area contributed by atoms with E-state index in [9.17, 15) is 0 Å². The number of nitrogens with zero attached hydrogens (tertiary/aromatic N) is 2. The van der Waals surface area contributed by atoms with Crippen LogP contribution in [0, 0.1) is 11.8 Å². The van der Waals surface area contributed by atoms with Gasteiger partial charge in [-0.25, -0.2) is 0 Å². The molecule has 162 valence electrons. The second kappa shape index (κ2) is 10.6. The predicted molar refractivity (Wildman–Crippen MR) is 132 cm³/mol. The van der Waals surface area contributed by atoms with Crippen molar-refractivity contribution in [2.45, 2.75) is 55.1 Å². The van der Waals surface area contributed by atoms with Crippen LogP contribution in [0.3, 0.4) is 0 Å². The summed E-state index contributed by atoms with van der Waals surface area (Å²) in [6.45, 7) is 8.26. The van der Waals surface area contributed by atoms with Crippen LogP contribution >= 0.6 is 23.5 Å². The highest BCUT2D eigenvalue weighted by atomic mass is 32.2. The molecule has 0 aliphatic carbocycles. The quantitative estimate of drug-likeness (QED) is 0.425. The van der Waals surface area contributed by atoms with Crippen LogP contribution in [0.25, 0.3) is 0 Å². The third-order valence-corrected chi connectivity index (χ3v) is 8.62. The Kier molecular flexibility index (Phi) is 7.85. The summed E-state index contributed by atoms with van der Waals surface area (Å²) in [6, 6.07) is 19.1. The van der Waals surface area contributed by atoms with Gasteiger partial charge in [0.15, 0.2) is 0 Å². The maximum Gasteiger partial charge on any atom is 0.0237 e. The Hall–Kier alpha value is -0.940. The zero-order chi connectivity index (χ0) is 20.9.